The molecule has 6 aromatic carbocycles. The molecular weight excluding hydrogens is 681 g/mol. The van der Waals surface area contributed by atoms with E-state index in [4.69, 9.17) is 16.2 Å². The molecule has 0 aromatic heterocycles. The number of benzene rings is 6. The minimum atomic E-state index is -0.287. The van der Waals surface area contributed by atoms with E-state index in [2.05, 4.69) is 31.2 Å². The van der Waals surface area contributed by atoms with Gasteiger partial charge in [0.25, 0.3) is 17.7 Å². The summed E-state index contributed by atoms with van der Waals surface area (Å²) in [6, 6.07) is 37.8. The molecular formula is C42H36N8O4. The van der Waals surface area contributed by atoms with Gasteiger partial charge < -0.3 is 32.2 Å². The van der Waals surface area contributed by atoms with Gasteiger partial charge in [0.15, 0.2) is 6.40 Å². The summed E-state index contributed by atoms with van der Waals surface area (Å²) >= 11 is 0. The van der Waals surface area contributed by atoms with Crippen LogP contribution < -0.4 is 32.2 Å². The lowest BCUT2D eigenvalue weighted by atomic mass is 10.1. The summed E-state index contributed by atoms with van der Waals surface area (Å²) < 4.78 is 5.67. The number of aryl methyl sites for hydroxylation is 2. The molecule has 0 aliphatic rings. The second-order valence-electron chi connectivity index (χ2n) is 12.2. The van der Waals surface area contributed by atoms with Crippen molar-refractivity contribution < 1.29 is 19.1 Å². The highest BCUT2D eigenvalue weighted by molar-refractivity contribution is 6.06. The number of ether oxygens (including phenoxy) is 1. The molecule has 0 bridgehead atoms. The Morgan fingerprint density at radius 3 is 1.48 bits per heavy atom. The third kappa shape index (κ3) is 9.59. The second kappa shape index (κ2) is 16.6. The highest BCUT2D eigenvalue weighted by Crippen LogP contribution is 2.26. The van der Waals surface area contributed by atoms with Crippen LogP contribution >= 0.6 is 0 Å². The number of nitrogen functional groups attached to an aromatic ring is 2. The van der Waals surface area contributed by atoms with Gasteiger partial charge in [-0.3, -0.25) is 14.4 Å². The van der Waals surface area contributed by atoms with Crippen LogP contribution in [0.25, 0.3) is 0 Å². The third-order valence-electron chi connectivity index (χ3n) is 8.16. The van der Waals surface area contributed by atoms with Crippen LogP contribution in [-0.2, 0) is 0 Å². The van der Waals surface area contributed by atoms with Crippen molar-refractivity contribution >= 4 is 69.6 Å². The Morgan fingerprint density at radius 2 is 0.981 bits per heavy atom. The second-order valence-corrected chi connectivity index (χ2v) is 12.2. The smallest absolute Gasteiger partial charge is 0.255 e. The molecule has 0 atom stereocenters. The molecule has 0 saturated carbocycles. The molecule has 3 amide bonds. The highest BCUT2D eigenvalue weighted by Gasteiger charge is 2.11. The topological polar surface area (TPSA) is 186 Å². The molecule has 0 spiro atoms. The van der Waals surface area contributed by atoms with Gasteiger partial charge in [-0.25, -0.2) is 4.99 Å². The molecule has 0 unspecified atom stereocenters. The number of rotatable bonds is 11. The van der Waals surface area contributed by atoms with Crippen molar-refractivity contribution in [3.8, 4) is 5.75 Å². The van der Waals surface area contributed by atoms with Crippen LogP contribution in [0.1, 0.15) is 42.2 Å². The monoisotopic (exact) mass is 716 g/mol. The summed E-state index contributed by atoms with van der Waals surface area (Å²) in [7, 11) is 0. The number of nitrogens with two attached hydrogens (primary N) is 2. The number of anilines is 5. The van der Waals surface area contributed by atoms with Crippen molar-refractivity contribution in [2.45, 2.75) is 13.8 Å². The van der Waals surface area contributed by atoms with E-state index >= 15 is 0 Å². The maximum Gasteiger partial charge on any atom is 0.255 e. The zero-order valence-corrected chi connectivity index (χ0v) is 29.4. The van der Waals surface area contributed by atoms with Crippen molar-refractivity contribution in [2.75, 3.05) is 27.4 Å². The minimum absolute atomic E-state index is 0.230. The summed E-state index contributed by atoms with van der Waals surface area (Å²) in [6.07, 6.45) is 1.35. The number of aliphatic imine (C=N–C) groups is 1. The maximum atomic E-state index is 13.0. The first kappa shape index (κ1) is 36.2. The standard InChI is InChI=1S/C42H36N8O4/c1-26-23-35(46-40(51)28-3-9-31(43)10-4-28)17-21-38(26)45-25-54-37-19-15-34(16-20-37)50-49-33-13-7-30(8-14-33)42(53)48-39-22-18-36(24-27(39)2)47-41(52)29-5-11-32(44)12-6-29/h3-25H,43-44H2,1-2H3,(H,46,51)(H,47,52)(H,48,53). The lowest BCUT2D eigenvalue weighted by Gasteiger charge is -2.11. The predicted molar refractivity (Wildman–Crippen MR) is 214 cm³/mol. The zero-order valence-electron chi connectivity index (χ0n) is 29.4. The highest BCUT2D eigenvalue weighted by atomic mass is 16.5. The normalized spacial score (nSPS) is 11.0. The quantitative estimate of drug-likeness (QED) is 0.0385. The van der Waals surface area contributed by atoms with Crippen LogP contribution in [0.3, 0.4) is 0 Å². The molecule has 0 aliphatic heterocycles. The van der Waals surface area contributed by atoms with Crippen molar-refractivity contribution in [1.29, 1.82) is 0 Å². The van der Waals surface area contributed by atoms with Gasteiger partial charge in [0.1, 0.15) is 5.75 Å². The molecule has 268 valence electrons. The van der Waals surface area contributed by atoms with Gasteiger partial charge >= 0.3 is 0 Å². The number of amides is 3. The van der Waals surface area contributed by atoms with Crippen LogP contribution in [0, 0.1) is 13.8 Å². The average Bonchev–Trinajstić information content (AvgIpc) is 3.17. The van der Waals surface area contributed by atoms with E-state index in [0.717, 1.165) is 11.1 Å². The minimum Gasteiger partial charge on any atom is -0.446 e. The Kier molecular flexibility index (Phi) is 11.1. The summed E-state index contributed by atoms with van der Waals surface area (Å²) in [5.74, 6) is -0.213. The first-order valence-corrected chi connectivity index (χ1v) is 16.8. The Labute approximate surface area is 311 Å². The number of azo groups is 1. The lowest BCUT2D eigenvalue weighted by Crippen LogP contribution is -2.14. The van der Waals surface area contributed by atoms with Gasteiger partial charge in [-0.15, -0.1) is 0 Å². The molecule has 54 heavy (non-hydrogen) atoms. The SMILES string of the molecule is Cc1cc(NC(=O)c2ccc(N)cc2)ccc1N=COc1ccc(N=Nc2ccc(C(=O)Nc3ccc(NC(=O)c4ccc(N)cc4)cc3C)cc2)cc1. The molecule has 0 heterocycles. The fourth-order valence-electron chi connectivity index (χ4n) is 5.16. The van der Waals surface area contributed by atoms with E-state index in [1.165, 1.54) is 6.40 Å². The van der Waals surface area contributed by atoms with E-state index in [1.54, 1.807) is 127 Å². The van der Waals surface area contributed by atoms with Gasteiger partial charge in [-0.05, 0) is 158 Å². The molecule has 0 radical (unpaired) electrons. The fraction of sp³-hybridized carbons (Fsp3) is 0.0476. The molecule has 12 nitrogen and oxygen atoms in total. The molecule has 0 fully saturated rings. The first-order valence-electron chi connectivity index (χ1n) is 16.8. The van der Waals surface area contributed by atoms with Gasteiger partial charge in [0, 0.05) is 45.1 Å². The van der Waals surface area contributed by atoms with Gasteiger partial charge in [-0.2, -0.15) is 10.2 Å². The Bertz CT molecular complexity index is 2360. The first-order chi connectivity index (χ1) is 26.1. The molecule has 12 heteroatoms. The van der Waals surface area contributed by atoms with Crippen LogP contribution in [0.15, 0.2) is 149 Å². The number of hydrogen-bond donors (Lipinski definition) is 5. The Hall–Kier alpha value is -7.60. The molecule has 7 N–H and O–H groups in total. The van der Waals surface area contributed by atoms with E-state index in [9.17, 15) is 14.4 Å². The van der Waals surface area contributed by atoms with Crippen molar-refractivity contribution in [1.82, 2.24) is 0 Å². The maximum absolute atomic E-state index is 13.0. The fourth-order valence-corrected chi connectivity index (χ4v) is 5.16. The summed E-state index contributed by atoms with van der Waals surface area (Å²) in [5, 5.41) is 17.2. The Balaban J connectivity index is 0.973. The molecule has 0 saturated heterocycles. The number of nitrogens with one attached hydrogen (secondary N) is 3. The van der Waals surface area contributed by atoms with Crippen molar-refractivity contribution in [2.24, 2.45) is 15.2 Å². The Morgan fingerprint density at radius 1 is 0.537 bits per heavy atom. The number of hydrogen-bond acceptors (Lipinski definition) is 9. The summed E-state index contributed by atoms with van der Waals surface area (Å²) in [5.41, 5.74) is 19.4. The number of carbonyl (C=O) groups excluding carboxylic acids is 3. The van der Waals surface area contributed by atoms with Crippen LogP contribution in [0.5, 0.6) is 5.75 Å². The predicted octanol–water partition coefficient (Wildman–Crippen LogP) is 9.38. The van der Waals surface area contributed by atoms with Crippen LogP contribution in [-0.4, -0.2) is 24.1 Å². The zero-order chi connectivity index (χ0) is 38.0. The van der Waals surface area contributed by atoms with E-state index in [1.807, 2.05) is 19.9 Å². The van der Waals surface area contributed by atoms with Crippen LogP contribution in [0.2, 0.25) is 0 Å². The van der Waals surface area contributed by atoms with Crippen molar-refractivity contribution in [3.63, 3.8) is 0 Å². The van der Waals surface area contributed by atoms with Crippen molar-refractivity contribution in [3.05, 3.63) is 161 Å². The molecule has 6 rings (SSSR count). The van der Waals surface area contributed by atoms with Gasteiger partial charge in [0.2, 0.25) is 0 Å². The largest absolute Gasteiger partial charge is 0.446 e. The number of carbonyl (C=O) groups is 3. The average molecular weight is 717 g/mol. The van der Waals surface area contributed by atoms with E-state index in [-0.39, 0.29) is 17.7 Å². The van der Waals surface area contributed by atoms with Gasteiger partial charge in [-0.1, -0.05) is 0 Å². The van der Waals surface area contributed by atoms with Crippen LogP contribution in [0.4, 0.5) is 45.5 Å². The van der Waals surface area contributed by atoms with E-state index < -0.39 is 0 Å². The molecule has 6 aromatic rings. The third-order valence-corrected chi connectivity index (χ3v) is 8.16. The van der Waals surface area contributed by atoms with E-state index in [0.29, 0.717) is 67.9 Å². The lowest BCUT2D eigenvalue weighted by molar-refractivity contribution is 0.101. The summed E-state index contributed by atoms with van der Waals surface area (Å²) in [4.78, 5) is 42.4. The number of nitrogens with zero attached hydrogens (tertiary/aromatic N) is 3. The van der Waals surface area contributed by atoms with Gasteiger partial charge in [0.05, 0.1) is 17.1 Å². The summed E-state index contributed by atoms with van der Waals surface area (Å²) in [6.45, 7) is 3.74. The molecule has 0 aliphatic carbocycles.